The van der Waals surface area contributed by atoms with E-state index in [1.54, 1.807) is 7.11 Å². The topological polar surface area (TPSA) is 34.1 Å². The van der Waals surface area contributed by atoms with Crippen LogP contribution in [0, 0.1) is 0 Å². The molecular formula is C17H24N2OS. The Morgan fingerprint density at radius 2 is 1.95 bits per heavy atom. The molecule has 0 aliphatic rings. The van der Waals surface area contributed by atoms with Crippen molar-refractivity contribution in [3.05, 3.63) is 40.2 Å². The number of nitrogens with one attached hydrogen (secondary N) is 1. The lowest BCUT2D eigenvalue weighted by molar-refractivity contribution is 0.202. The zero-order valence-corrected chi connectivity index (χ0v) is 13.7. The van der Waals surface area contributed by atoms with Gasteiger partial charge in [-0.3, -0.25) is 0 Å². The fraction of sp³-hybridized carbons (Fsp3) is 0.471. The largest absolute Gasteiger partial charge is 0.384 e. The van der Waals surface area contributed by atoms with Crippen molar-refractivity contribution < 1.29 is 4.74 Å². The molecule has 2 aromatic rings. The second kappa shape index (κ2) is 8.93. The summed E-state index contributed by atoms with van der Waals surface area (Å²) >= 11 is 1.82. The third-order valence-electron chi connectivity index (χ3n) is 3.26. The van der Waals surface area contributed by atoms with Gasteiger partial charge in [-0.25, -0.2) is 4.98 Å². The molecule has 0 spiro atoms. The minimum Gasteiger partial charge on any atom is -0.384 e. The molecule has 0 aliphatic carbocycles. The molecule has 0 radical (unpaired) electrons. The highest BCUT2D eigenvalue weighted by Gasteiger charge is 2.12. The summed E-state index contributed by atoms with van der Waals surface area (Å²) in [7, 11) is 1.74. The Balaban J connectivity index is 2.13. The Morgan fingerprint density at radius 1 is 1.14 bits per heavy atom. The summed E-state index contributed by atoms with van der Waals surface area (Å²) in [6.45, 7) is 5.02. The minimum atomic E-state index is 0.731. The number of rotatable bonds is 9. The van der Waals surface area contributed by atoms with E-state index in [-0.39, 0.29) is 0 Å². The molecule has 3 nitrogen and oxygen atoms in total. The van der Waals surface area contributed by atoms with Crippen molar-refractivity contribution in [2.75, 3.05) is 26.8 Å². The van der Waals surface area contributed by atoms with Crippen LogP contribution in [0.15, 0.2) is 30.3 Å². The van der Waals surface area contributed by atoms with E-state index in [1.807, 2.05) is 17.4 Å². The van der Waals surface area contributed by atoms with Gasteiger partial charge in [0.15, 0.2) is 0 Å². The summed E-state index contributed by atoms with van der Waals surface area (Å²) in [5.41, 5.74) is 2.35. The van der Waals surface area contributed by atoms with Gasteiger partial charge in [0.1, 0.15) is 0 Å². The average molecular weight is 304 g/mol. The summed E-state index contributed by atoms with van der Waals surface area (Å²) in [6.07, 6.45) is 3.10. The van der Waals surface area contributed by atoms with Crippen molar-refractivity contribution in [3.8, 4) is 11.3 Å². The highest BCUT2D eigenvalue weighted by Crippen LogP contribution is 2.28. The van der Waals surface area contributed by atoms with Crippen LogP contribution < -0.4 is 5.32 Å². The van der Waals surface area contributed by atoms with Crippen molar-refractivity contribution >= 4 is 11.3 Å². The first kappa shape index (κ1) is 16.1. The van der Waals surface area contributed by atoms with Crippen molar-refractivity contribution in [2.24, 2.45) is 0 Å². The number of aromatic nitrogens is 1. The SMILES string of the molecule is CCCNCCc1sc(CCOC)nc1-c1ccccc1. The number of hydrogen-bond acceptors (Lipinski definition) is 4. The van der Waals surface area contributed by atoms with Crippen molar-refractivity contribution in [3.63, 3.8) is 0 Å². The van der Waals surface area contributed by atoms with Crippen molar-refractivity contribution in [1.82, 2.24) is 10.3 Å². The van der Waals surface area contributed by atoms with Crippen LogP contribution in [-0.4, -0.2) is 31.8 Å². The van der Waals surface area contributed by atoms with Gasteiger partial charge in [-0.05, 0) is 19.4 Å². The molecule has 21 heavy (non-hydrogen) atoms. The van der Waals surface area contributed by atoms with Crippen LogP contribution in [0.4, 0.5) is 0 Å². The van der Waals surface area contributed by atoms with Gasteiger partial charge in [0.2, 0.25) is 0 Å². The normalized spacial score (nSPS) is 11.0. The first-order valence-corrected chi connectivity index (χ1v) is 8.40. The van der Waals surface area contributed by atoms with Gasteiger partial charge in [-0.15, -0.1) is 11.3 Å². The Kier molecular flexibility index (Phi) is 6.86. The van der Waals surface area contributed by atoms with E-state index in [1.165, 1.54) is 21.9 Å². The van der Waals surface area contributed by atoms with Crippen molar-refractivity contribution in [1.29, 1.82) is 0 Å². The van der Waals surface area contributed by atoms with E-state index in [4.69, 9.17) is 9.72 Å². The lowest BCUT2D eigenvalue weighted by atomic mass is 10.1. The maximum atomic E-state index is 5.17. The van der Waals surface area contributed by atoms with Gasteiger partial charge in [0.05, 0.1) is 17.3 Å². The van der Waals surface area contributed by atoms with Gasteiger partial charge in [0, 0.05) is 30.5 Å². The van der Waals surface area contributed by atoms with Gasteiger partial charge in [0.25, 0.3) is 0 Å². The van der Waals surface area contributed by atoms with Gasteiger partial charge >= 0.3 is 0 Å². The molecule has 1 aromatic carbocycles. The molecule has 0 bridgehead atoms. The standard InChI is InChI=1S/C17H24N2OS/c1-3-11-18-12-9-15-17(14-7-5-4-6-8-14)19-16(21-15)10-13-20-2/h4-8,18H,3,9-13H2,1-2H3. The fourth-order valence-electron chi connectivity index (χ4n) is 2.19. The Morgan fingerprint density at radius 3 is 2.67 bits per heavy atom. The van der Waals surface area contributed by atoms with Gasteiger partial charge in [-0.2, -0.15) is 0 Å². The molecule has 0 atom stereocenters. The molecule has 1 heterocycles. The van der Waals surface area contributed by atoms with Crippen LogP contribution in [0.1, 0.15) is 23.2 Å². The number of hydrogen-bond donors (Lipinski definition) is 1. The van der Waals surface area contributed by atoms with Crippen LogP contribution in [0.25, 0.3) is 11.3 Å². The Hall–Kier alpha value is -1.23. The highest BCUT2D eigenvalue weighted by molar-refractivity contribution is 7.12. The van der Waals surface area contributed by atoms with E-state index >= 15 is 0 Å². The molecule has 4 heteroatoms. The van der Waals surface area contributed by atoms with E-state index in [0.29, 0.717) is 0 Å². The van der Waals surface area contributed by atoms with Crippen LogP contribution in [0.2, 0.25) is 0 Å². The Labute approximate surface area is 131 Å². The van der Waals surface area contributed by atoms with Gasteiger partial charge < -0.3 is 10.1 Å². The third-order valence-corrected chi connectivity index (χ3v) is 4.44. The molecule has 0 saturated heterocycles. The maximum absolute atomic E-state index is 5.17. The Bertz CT molecular complexity index is 525. The molecule has 0 fully saturated rings. The zero-order valence-electron chi connectivity index (χ0n) is 12.9. The molecular weight excluding hydrogens is 280 g/mol. The summed E-state index contributed by atoms with van der Waals surface area (Å²) in [6, 6.07) is 10.5. The van der Waals surface area contributed by atoms with E-state index in [0.717, 1.165) is 38.2 Å². The molecule has 0 aliphatic heterocycles. The summed E-state index contributed by atoms with van der Waals surface area (Å²) in [5.74, 6) is 0. The minimum absolute atomic E-state index is 0.731. The molecule has 0 amide bonds. The van der Waals surface area contributed by atoms with E-state index in [9.17, 15) is 0 Å². The number of nitrogens with zero attached hydrogens (tertiary/aromatic N) is 1. The number of methoxy groups -OCH3 is 1. The summed E-state index contributed by atoms with van der Waals surface area (Å²) in [4.78, 5) is 6.20. The molecule has 0 saturated carbocycles. The third kappa shape index (κ3) is 4.92. The fourth-order valence-corrected chi connectivity index (χ4v) is 3.26. The van der Waals surface area contributed by atoms with Crippen LogP contribution >= 0.6 is 11.3 Å². The molecule has 1 aromatic heterocycles. The molecule has 1 N–H and O–H groups in total. The second-order valence-corrected chi connectivity index (χ2v) is 6.16. The van der Waals surface area contributed by atoms with Crippen LogP contribution in [0.5, 0.6) is 0 Å². The van der Waals surface area contributed by atoms with Crippen LogP contribution in [-0.2, 0) is 17.6 Å². The molecule has 114 valence electrons. The van der Waals surface area contributed by atoms with Gasteiger partial charge in [-0.1, -0.05) is 37.3 Å². The first-order chi connectivity index (χ1) is 10.3. The average Bonchev–Trinajstić information content (AvgIpc) is 2.93. The van der Waals surface area contributed by atoms with Crippen molar-refractivity contribution in [2.45, 2.75) is 26.2 Å². The highest BCUT2D eigenvalue weighted by atomic mass is 32.1. The van der Waals surface area contributed by atoms with E-state index < -0.39 is 0 Å². The number of thiazole rings is 1. The monoisotopic (exact) mass is 304 g/mol. The molecule has 2 rings (SSSR count). The number of benzene rings is 1. The second-order valence-electron chi connectivity index (χ2n) is 4.99. The summed E-state index contributed by atoms with van der Waals surface area (Å²) in [5, 5.41) is 4.64. The first-order valence-electron chi connectivity index (χ1n) is 7.58. The lowest BCUT2D eigenvalue weighted by Crippen LogP contribution is -2.17. The smallest absolute Gasteiger partial charge is 0.0958 e. The molecule has 0 unspecified atom stereocenters. The quantitative estimate of drug-likeness (QED) is 0.720. The zero-order chi connectivity index (χ0) is 14.9. The lowest BCUT2D eigenvalue weighted by Gasteiger charge is -2.04. The number of ether oxygens (including phenoxy) is 1. The van der Waals surface area contributed by atoms with E-state index in [2.05, 4.69) is 36.5 Å². The maximum Gasteiger partial charge on any atom is 0.0958 e. The summed E-state index contributed by atoms with van der Waals surface area (Å²) < 4.78 is 5.17. The predicted octanol–water partition coefficient (Wildman–Crippen LogP) is 3.54. The van der Waals surface area contributed by atoms with Crippen LogP contribution in [0.3, 0.4) is 0 Å². The predicted molar refractivity (Wildman–Crippen MR) is 90.0 cm³/mol.